The monoisotopic (exact) mass is 573 g/mol. The van der Waals surface area contributed by atoms with E-state index in [2.05, 4.69) is 9.97 Å². The van der Waals surface area contributed by atoms with Gasteiger partial charge in [0, 0.05) is 12.8 Å². The van der Waals surface area contributed by atoms with Crippen molar-refractivity contribution in [3.8, 4) is 0 Å². The van der Waals surface area contributed by atoms with E-state index >= 15 is 0 Å². The van der Waals surface area contributed by atoms with E-state index in [-0.39, 0.29) is 40.4 Å². The lowest BCUT2D eigenvalue weighted by molar-refractivity contribution is -0.160. The topological polar surface area (TPSA) is 166 Å². The molecule has 0 radical (unpaired) electrons. The highest BCUT2D eigenvalue weighted by Gasteiger charge is 2.35. The minimum atomic E-state index is -3.39. The molecule has 0 spiro atoms. The number of nitrogens with one attached hydrogen (secondary N) is 1. The Morgan fingerprint density at radius 1 is 1.18 bits per heavy atom. The molecule has 3 N–H and O–H groups in total. The van der Waals surface area contributed by atoms with E-state index in [1.165, 1.54) is 16.5 Å². The molecular weight excluding hydrogens is 534 g/mol. The number of carbonyl (C=O) groups is 2. The summed E-state index contributed by atoms with van der Waals surface area (Å²) < 4.78 is 29.0. The molecule has 0 aliphatic carbocycles. The van der Waals surface area contributed by atoms with Gasteiger partial charge in [0.15, 0.2) is 11.5 Å². The van der Waals surface area contributed by atoms with Gasteiger partial charge in [-0.2, -0.15) is 4.98 Å². The van der Waals surface area contributed by atoms with E-state index in [9.17, 15) is 18.6 Å². The molecule has 1 amide bonds. The zero-order chi connectivity index (χ0) is 30.0. The predicted molar refractivity (Wildman–Crippen MR) is 154 cm³/mol. The number of carbonyl (C=O) groups excluding carboxylic acids is 2. The molecule has 1 aromatic carbocycles. The van der Waals surface area contributed by atoms with Gasteiger partial charge in [-0.1, -0.05) is 51.1 Å². The van der Waals surface area contributed by atoms with E-state index in [0.29, 0.717) is 12.8 Å². The molecule has 13 heteroatoms. The van der Waals surface area contributed by atoms with Crippen molar-refractivity contribution in [3.05, 3.63) is 46.4 Å². The van der Waals surface area contributed by atoms with Gasteiger partial charge in [-0.3, -0.25) is 4.57 Å². The van der Waals surface area contributed by atoms with E-state index in [1.54, 1.807) is 39.8 Å². The summed E-state index contributed by atoms with van der Waals surface area (Å²) in [6.45, 7) is 10.8. The van der Waals surface area contributed by atoms with Gasteiger partial charge in [0.1, 0.15) is 26.9 Å². The minimum Gasteiger partial charge on any atom is -0.458 e. The van der Waals surface area contributed by atoms with Gasteiger partial charge < -0.3 is 15.4 Å². The first-order chi connectivity index (χ1) is 18.6. The number of anilines is 1. The number of imidazole rings is 1. The summed E-state index contributed by atoms with van der Waals surface area (Å²) in [4.78, 5) is 50.5. The Kier molecular flexibility index (Phi) is 9.07. The molecular formula is C27H39N7O5S. The standard InChI is InChI=1S/C27H39N7O5S/c1-8-14-40(29,38)24-30-21(28)20-22(31-24)33(16-18-12-10-9-11-13-18)26(37)34(20)25(36)32(7)19(15-17(2)3)23(35)39-27(4,5)6/h9-13,17,19,29H,8,14-16H2,1-7H3,(H2,28,30,31)/t19-,40?/m0/s1. The zero-order valence-corrected chi connectivity index (χ0v) is 24.9. The van der Waals surface area contributed by atoms with E-state index in [1.807, 2.05) is 32.0 Å². The number of nitrogens with zero attached hydrogens (tertiary/aromatic N) is 5. The largest absolute Gasteiger partial charge is 0.458 e. The van der Waals surface area contributed by atoms with Crippen LogP contribution in [0, 0.1) is 10.7 Å². The van der Waals surface area contributed by atoms with Crippen LogP contribution in [0.5, 0.6) is 0 Å². The van der Waals surface area contributed by atoms with Crippen molar-refractivity contribution in [2.75, 3.05) is 18.5 Å². The number of hydrogen-bond donors (Lipinski definition) is 2. The molecule has 12 nitrogen and oxygen atoms in total. The third-order valence-electron chi connectivity index (χ3n) is 6.08. The van der Waals surface area contributed by atoms with Crippen molar-refractivity contribution in [3.63, 3.8) is 0 Å². The second kappa shape index (κ2) is 11.8. The Morgan fingerprint density at radius 2 is 1.80 bits per heavy atom. The molecule has 218 valence electrons. The van der Waals surface area contributed by atoms with Gasteiger partial charge in [0.2, 0.25) is 5.16 Å². The molecule has 3 rings (SSSR count). The van der Waals surface area contributed by atoms with E-state index < -0.39 is 39.1 Å². The Labute approximate surface area is 234 Å². The SMILES string of the molecule is CCCS(=N)(=O)c1nc(N)c2c(n1)n(Cc1ccccc1)c(=O)n2C(=O)N(C)[C@@H](CC(C)C)C(=O)OC(C)(C)C. The zero-order valence-electron chi connectivity index (χ0n) is 24.1. The first-order valence-electron chi connectivity index (χ1n) is 13.2. The van der Waals surface area contributed by atoms with Crippen LogP contribution in [-0.4, -0.2) is 64.7 Å². The molecule has 0 fully saturated rings. The average Bonchev–Trinajstić information content (AvgIpc) is 3.12. The summed E-state index contributed by atoms with van der Waals surface area (Å²) in [6.07, 6.45) is 0.745. The first-order valence-corrected chi connectivity index (χ1v) is 14.9. The highest BCUT2D eigenvalue weighted by molar-refractivity contribution is 7.92. The normalized spacial score (nSPS) is 14.2. The summed E-state index contributed by atoms with van der Waals surface area (Å²) >= 11 is 0. The highest BCUT2D eigenvalue weighted by atomic mass is 32.2. The van der Waals surface area contributed by atoms with Gasteiger partial charge in [0.05, 0.1) is 6.54 Å². The van der Waals surface area contributed by atoms with Crippen molar-refractivity contribution in [1.82, 2.24) is 24.0 Å². The lowest BCUT2D eigenvalue weighted by Gasteiger charge is -2.30. The van der Waals surface area contributed by atoms with Crippen LogP contribution in [0.25, 0.3) is 11.2 Å². The number of hydrogen-bond acceptors (Lipinski definition) is 9. The van der Waals surface area contributed by atoms with Crippen LogP contribution >= 0.6 is 0 Å². The maximum Gasteiger partial charge on any atom is 0.339 e. The molecule has 2 heterocycles. The second-order valence-corrected chi connectivity index (χ2v) is 13.3. The van der Waals surface area contributed by atoms with Crippen molar-refractivity contribution in [2.24, 2.45) is 5.92 Å². The molecule has 2 aromatic heterocycles. The molecule has 40 heavy (non-hydrogen) atoms. The van der Waals surface area contributed by atoms with Crippen LogP contribution in [-0.2, 0) is 25.8 Å². The van der Waals surface area contributed by atoms with E-state index in [0.717, 1.165) is 10.1 Å². The molecule has 0 aliphatic heterocycles. The van der Waals surface area contributed by atoms with Crippen molar-refractivity contribution in [1.29, 1.82) is 4.78 Å². The third-order valence-corrected chi connectivity index (χ3v) is 7.83. The molecule has 0 saturated heterocycles. The Morgan fingerprint density at radius 3 is 2.35 bits per heavy atom. The van der Waals surface area contributed by atoms with Crippen molar-refractivity contribution >= 4 is 38.7 Å². The van der Waals surface area contributed by atoms with Crippen LogP contribution in [0.3, 0.4) is 0 Å². The summed E-state index contributed by atoms with van der Waals surface area (Å²) in [6, 6.07) is 7.26. The smallest absolute Gasteiger partial charge is 0.339 e. The fraction of sp³-hybridized carbons (Fsp3) is 0.519. The number of likely N-dealkylation sites (N-methyl/N-ethyl adjacent to an activating group) is 1. The lowest BCUT2D eigenvalue weighted by Crippen LogP contribution is -2.49. The second-order valence-electron chi connectivity index (χ2n) is 11.2. The van der Waals surface area contributed by atoms with Crippen molar-refractivity contribution < 1.29 is 18.5 Å². The summed E-state index contributed by atoms with van der Waals surface area (Å²) in [5.41, 5.74) is 5.37. The number of rotatable bonds is 9. The Hall–Kier alpha value is -3.74. The van der Waals surface area contributed by atoms with Crippen LogP contribution in [0.15, 0.2) is 40.3 Å². The number of nitrogens with two attached hydrogens (primary N) is 1. The predicted octanol–water partition coefficient (Wildman–Crippen LogP) is 3.70. The number of esters is 1. The van der Waals surface area contributed by atoms with Gasteiger partial charge in [0.25, 0.3) is 0 Å². The van der Waals surface area contributed by atoms with Gasteiger partial charge in [-0.25, -0.2) is 32.9 Å². The molecule has 0 bridgehead atoms. The van der Waals surface area contributed by atoms with E-state index in [4.69, 9.17) is 15.3 Å². The molecule has 0 saturated carbocycles. The third kappa shape index (κ3) is 6.69. The number of aromatic nitrogens is 4. The molecule has 3 aromatic rings. The van der Waals surface area contributed by atoms with Gasteiger partial charge in [-0.15, -0.1) is 0 Å². The molecule has 0 aliphatic rings. The fourth-order valence-electron chi connectivity index (χ4n) is 4.28. The molecule has 1 unspecified atom stereocenters. The number of ether oxygens (including phenoxy) is 1. The maximum absolute atomic E-state index is 13.9. The van der Waals surface area contributed by atoms with Crippen LogP contribution in [0.4, 0.5) is 10.6 Å². The quantitative estimate of drug-likeness (QED) is 0.289. The first kappa shape index (κ1) is 30.8. The van der Waals surface area contributed by atoms with Crippen LogP contribution in [0.1, 0.15) is 59.9 Å². The summed E-state index contributed by atoms with van der Waals surface area (Å²) in [5.74, 6) is -0.822. The molecule has 2 atom stereocenters. The van der Waals surface area contributed by atoms with Crippen LogP contribution < -0.4 is 11.4 Å². The number of amides is 1. The Balaban J connectivity index is 2.24. The maximum atomic E-state index is 13.9. The van der Waals surface area contributed by atoms with Crippen molar-refractivity contribution in [2.45, 2.75) is 77.7 Å². The minimum absolute atomic E-state index is 0.00993. The fourth-order valence-corrected chi connectivity index (χ4v) is 5.52. The lowest BCUT2D eigenvalue weighted by atomic mass is 10.0. The highest BCUT2D eigenvalue weighted by Crippen LogP contribution is 2.23. The summed E-state index contributed by atoms with van der Waals surface area (Å²) in [5, 5.41) is -0.300. The van der Waals surface area contributed by atoms with Gasteiger partial charge >= 0.3 is 17.7 Å². The number of benzene rings is 1. The number of fused-ring (bicyclic) bond motifs is 1. The number of nitrogen functional groups attached to an aromatic ring is 1. The Bertz CT molecular complexity index is 1550. The summed E-state index contributed by atoms with van der Waals surface area (Å²) in [7, 11) is -1.97. The van der Waals surface area contributed by atoms with Crippen LogP contribution in [0.2, 0.25) is 0 Å². The average molecular weight is 574 g/mol. The van der Waals surface area contributed by atoms with Gasteiger partial charge in [-0.05, 0) is 45.1 Å².